The number of rotatable bonds is 4. The van der Waals surface area contributed by atoms with E-state index in [1.165, 1.54) is 12.3 Å². The van der Waals surface area contributed by atoms with Crippen molar-refractivity contribution in [1.29, 1.82) is 0 Å². The van der Waals surface area contributed by atoms with E-state index in [9.17, 15) is 18.0 Å². The van der Waals surface area contributed by atoms with Crippen LogP contribution in [0.1, 0.15) is 23.0 Å². The number of nitrogens with zero attached hydrogens (tertiary/aromatic N) is 4. The van der Waals surface area contributed by atoms with Crippen LogP contribution in [0.5, 0.6) is 0 Å². The Kier molecular flexibility index (Phi) is 4.94. The van der Waals surface area contributed by atoms with Crippen LogP contribution in [0, 0.1) is 0 Å². The average Bonchev–Trinajstić information content (AvgIpc) is 3.22. The van der Waals surface area contributed by atoms with E-state index in [0.29, 0.717) is 40.2 Å². The Morgan fingerprint density at radius 1 is 1.10 bits per heavy atom. The summed E-state index contributed by atoms with van der Waals surface area (Å²) in [5.41, 5.74) is 1.39. The predicted molar refractivity (Wildman–Crippen MR) is 106 cm³/mol. The molecule has 1 amide bonds. The van der Waals surface area contributed by atoms with Gasteiger partial charge in [-0.25, -0.2) is 9.97 Å². The summed E-state index contributed by atoms with van der Waals surface area (Å²) in [6.45, 7) is 2.48. The van der Waals surface area contributed by atoms with Crippen LogP contribution in [0.15, 0.2) is 60.9 Å². The molecule has 0 bridgehead atoms. The molecule has 0 saturated heterocycles. The van der Waals surface area contributed by atoms with Gasteiger partial charge in [0.05, 0.1) is 11.1 Å². The van der Waals surface area contributed by atoms with Gasteiger partial charge >= 0.3 is 6.18 Å². The highest BCUT2D eigenvalue weighted by molar-refractivity contribution is 6.03. The summed E-state index contributed by atoms with van der Waals surface area (Å²) in [6, 6.07) is 11.9. The molecule has 2 heterocycles. The lowest BCUT2D eigenvalue weighted by Crippen LogP contribution is -2.17. The summed E-state index contributed by atoms with van der Waals surface area (Å²) < 4.78 is 40.1. The van der Waals surface area contributed by atoms with Crippen molar-refractivity contribution in [3.8, 4) is 11.4 Å². The van der Waals surface area contributed by atoms with Gasteiger partial charge in [0.2, 0.25) is 0 Å². The lowest BCUT2D eigenvalue weighted by atomic mass is 10.1. The number of hydrogen-bond acceptors (Lipinski definition) is 4. The van der Waals surface area contributed by atoms with Crippen LogP contribution < -0.4 is 5.32 Å². The van der Waals surface area contributed by atoms with E-state index >= 15 is 0 Å². The first kappa shape index (κ1) is 19.6. The van der Waals surface area contributed by atoms with E-state index in [-0.39, 0.29) is 5.91 Å². The monoisotopic (exact) mass is 411 g/mol. The van der Waals surface area contributed by atoms with E-state index in [1.54, 1.807) is 41.2 Å². The lowest BCUT2D eigenvalue weighted by molar-refractivity contribution is -0.137. The van der Waals surface area contributed by atoms with Gasteiger partial charge < -0.3 is 5.32 Å². The topological polar surface area (TPSA) is 72.7 Å². The van der Waals surface area contributed by atoms with Crippen molar-refractivity contribution in [1.82, 2.24) is 19.7 Å². The van der Waals surface area contributed by atoms with Crippen molar-refractivity contribution in [2.24, 2.45) is 0 Å². The van der Waals surface area contributed by atoms with Crippen LogP contribution >= 0.6 is 0 Å². The summed E-state index contributed by atoms with van der Waals surface area (Å²) in [5, 5.41) is 7.18. The minimum absolute atomic E-state index is 0.274. The molecule has 9 heteroatoms. The number of aromatic nitrogens is 4. The highest BCUT2D eigenvalue weighted by Crippen LogP contribution is 2.31. The fourth-order valence-electron chi connectivity index (χ4n) is 3.02. The Hall–Kier alpha value is -3.75. The van der Waals surface area contributed by atoms with Crippen LogP contribution in [0.4, 0.5) is 18.9 Å². The summed E-state index contributed by atoms with van der Waals surface area (Å²) >= 11 is 0. The Morgan fingerprint density at radius 3 is 2.57 bits per heavy atom. The van der Waals surface area contributed by atoms with Crippen molar-refractivity contribution in [3.63, 3.8) is 0 Å². The van der Waals surface area contributed by atoms with Gasteiger partial charge in [-0.2, -0.15) is 18.3 Å². The Bertz CT molecular complexity index is 1220. The van der Waals surface area contributed by atoms with Crippen molar-refractivity contribution < 1.29 is 18.0 Å². The molecule has 0 unspecified atom stereocenters. The molecule has 0 radical (unpaired) electrons. The third kappa shape index (κ3) is 3.86. The largest absolute Gasteiger partial charge is 0.416 e. The average molecular weight is 411 g/mol. The number of aryl methyl sites for hydroxylation is 1. The Labute approximate surface area is 169 Å². The van der Waals surface area contributed by atoms with Gasteiger partial charge in [0, 0.05) is 35.6 Å². The van der Waals surface area contributed by atoms with Crippen molar-refractivity contribution in [3.05, 3.63) is 72.2 Å². The molecule has 1 N–H and O–H groups in total. The van der Waals surface area contributed by atoms with Gasteiger partial charge in [-0.05, 0) is 55.5 Å². The number of amides is 1. The molecule has 4 rings (SSSR count). The zero-order valence-electron chi connectivity index (χ0n) is 15.8. The van der Waals surface area contributed by atoms with Crippen LogP contribution in [-0.4, -0.2) is 25.7 Å². The molecule has 0 fully saturated rings. The van der Waals surface area contributed by atoms with Crippen molar-refractivity contribution in [2.45, 2.75) is 19.6 Å². The zero-order chi connectivity index (χ0) is 21.3. The van der Waals surface area contributed by atoms with Gasteiger partial charge in [-0.15, -0.1) is 0 Å². The first-order valence-corrected chi connectivity index (χ1v) is 9.13. The van der Waals surface area contributed by atoms with E-state index < -0.39 is 11.7 Å². The minimum Gasteiger partial charge on any atom is -0.321 e. The first-order valence-electron chi connectivity index (χ1n) is 9.13. The molecule has 0 aliphatic rings. The fourth-order valence-corrected chi connectivity index (χ4v) is 3.02. The van der Waals surface area contributed by atoms with Gasteiger partial charge in [0.1, 0.15) is 5.69 Å². The number of anilines is 1. The number of carbonyl (C=O) groups is 1. The number of nitrogens with one attached hydrogen (secondary N) is 1. The Morgan fingerprint density at radius 2 is 1.87 bits per heavy atom. The highest BCUT2D eigenvalue weighted by Gasteiger charge is 2.30. The number of carbonyl (C=O) groups excluding carboxylic acids is 1. The minimum atomic E-state index is -4.41. The molecular weight excluding hydrogens is 395 g/mol. The molecule has 30 heavy (non-hydrogen) atoms. The molecule has 6 nitrogen and oxygen atoms in total. The molecule has 2 aromatic carbocycles. The van der Waals surface area contributed by atoms with Crippen molar-refractivity contribution in [2.75, 3.05) is 5.32 Å². The maximum atomic E-state index is 12.8. The normalized spacial score (nSPS) is 11.6. The summed E-state index contributed by atoms with van der Waals surface area (Å²) in [6.07, 6.45) is -1.48. The second-order valence-electron chi connectivity index (χ2n) is 6.53. The quantitative estimate of drug-likeness (QED) is 0.524. The predicted octanol–water partition coefficient (Wildman–Crippen LogP) is 4.78. The second kappa shape index (κ2) is 7.58. The maximum Gasteiger partial charge on any atom is 0.416 e. The molecule has 0 aliphatic heterocycles. The molecule has 2 aromatic heterocycles. The van der Waals surface area contributed by atoms with E-state index in [0.717, 1.165) is 12.1 Å². The SMILES string of the molecule is CCn1nccc1C(=O)Nc1ccc(-c2ncc3cc(C(F)(F)F)ccc3n2)cc1. The number of halogens is 3. The smallest absolute Gasteiger partial charge is 0.321 e. The van der Waals surface area contributed by atoms with Gasteiger partial charge in [0.25, 0.3) is 5.91 Å². The molecule has 4 aromatic rings. The van der Waals surface area contributed by atoms with E-state index in [1.807, 2.05) is 6.92 Å². The molecular formula is C21H16F3N5O. The lowest BCUT2D eigenvalue weighted by Gasteiger charge is -2.09. The zero-order valence-corrected chi connectivity index (χ0v) is 15.8. The first-order chi connectivity index (χ1) is 14.3. The maximum absolute atomic E-state index is 12.8. The second-order valence-corrected chi connectivity index (χ2v) is 6.53. The fraction of sp³-hybridized carbons (Fsp3) is 0.143. The summed E-state index contributed by atoms with van der Waals surface area (Å²) in [4.78, 5) is 20.9. The Balaban J connectivity index is 1.55. The number of hydrogen-bond donors (Lipinski definition) is 1. The molecule has 152 valence electrons. The highest BCUT2D eigenvalue weighted by atomic mass is 19.4. The molecule has 0 atom stereocenters. The van der Waals surface area contributed by atoms with Crippen LogP contribution in [-0.2, 0) is 12.7 Å². The standard InChI is InChI=1S/C21H16F3N5O/c1-2-29-18(9-10-26-29)20(30)27-16-6-3-13(4-7-16)19-25-12-14-11-15(21(22,23)24)5-8-17(14)28-19/h3-12H,2H2,1H3,(H,27,30). The molecule has 0 aliphatic carbocycles. The van der Waals surface area contributed by atoms with Crippen LogP contribution in [0.25, 0.3) is 22.3 Å². The number of fused-ring (bicyclic) bond motifs is 1. The summed E-state index contributed by atoms with van der Waals surface area (Å²) in [5.74, 6) is 0.105. The van der Waals surface area contributed by atoms with Crippen LogP contribution in [0.3, 0.4) is 0 Å². The molecule has 0 spiro atoms. The van der Waals surface area contributed by atoms with Gasteiger partial charge in [-0.3, -0.25) is 9.48 Å². The number of benzene rings is 2. The van der Waals surface area contributed by atoms with E-state index in [4.69, 9.17) is 0 Å². The third-order valence-corrected chi connectivity index (χ3v) is 4.56. The third-order valence-electron chi connectivity index (χ3n) is 4.56. The van der Waals surface area contributed by atoms with E-state index in [2.05, 4.69) is 20.4 Å². The summed E-state index contributed by atoms with van der Waals surface area (Å²) in [7, 11) is 0. The molecule has 0 saturated carbocycles. The van der Waals surface area contributed by atoms with Crippen molar-refractivity contribution >= 4 is 22.5 Å². The van der Waals surface area contributed by atoms with Gasteiger partial charge in [0.15, 0.2) is 5.82 Å². The van der Waals surface area contributed by atoms with Crippen LogP contribution in [0.2, 0.25) is 0 Å². The van der Waals surface area contributed by atoms with Gasteiger partial charge in [-0.1, -0.05) is 0 Å². The number of alkyl halides is 3.